The van der Waals surface area contributed by atoms with E-state index in [2.05, 4.69) is 47.1 Å². The van der Waals surface area contributed by atoms with Gasteiger partial charge in [0.15, 0.2) is 0 Å². The zero-order valence-electron chi connectivity index (χ0n) is 13.2. The zero-order valence-corrected chi connectivity index (χ0v) is 13.2. The number of hydrogen-bond donors (Lipinski definition) is 1. The van der Waals surface area contributed by atoms with E-state index in [1.807, 2.05) is 7.05 Å². The number of anilines is 2. The zero-order chi connectivity index (χ0) is 14.5. The third kappa shape index (κ3) is 3.39. The predicted molar refractivity (Wildman–Crippen MR) is 84.5 cm³/mol. The van der Waals surface area contributed by atoms with E-state index in [9.17, 15) is 0 Å². The van der Waals surface area contributed by atoms with Crippen molar-refractivity contribution in [2.24, 2.45) is 0 Å². The maximum absolute atomic E-state index is 4.74. The monoisotopic (exact) mass is 277 g/mol. The van der Waals surface area contributed by atoms with E-state index in [1.54, 1.807) is 0 Å². The van der Waals surface area contributed by atoms with Gasteiger partial charge in [-0.15, -0.1) is 0 Å². The molecule has 1 atom stereocenters. The second-order valence-electron chi connectivity index (χ2n) is 5.50. The van der Waals surface area contributed by atoms with Crippen molar-refractivity contribution in [2.75, 3.05) is 43.9 Å². The molecular weight excluding hydrogens is 250 g/mol. The average molecular weight is 277 g/mol. The molecule has 0 saturated carbocycles. The van der Waals surface area contributed by atoms with Crippen molar-refractivity contribution in [2.45, 2.75) is 39.2 Å². The highest BCUT2D eigenvalue weighted by molar-refractivity contribution is 5.50. The van der Waals surface area contributed by atoms with Crippen molar-refractivity contribution >= 4 is 11.6 Å². The van der Waals surface area contributed by atoms with Gasteiger partial charge >= 0.3 is 0 Å². The van der Waals surface area contributed by atoms with Crippen LogP contribution in [0.1, 0.15) is 32.5 Å². The van der Waals surface area contributed by atoms with E-state index in [0.717, 1.165) is 49.9 Å². The highest BCUT2D eigenvalue weighted by atomic mass is 15.3. The summed E-state index contributed by atoms with van der Waals surface area (Å²) in [6.07, 6.45) is 3.20. The lowest BCUT2D eigenvalue weighted by atomic mass is 10.2. The van der Waals surface area contributed by atoms with E-state index in [0.29, 0.717) is 6.04 Å². The van der Waals surface area contributed by atoms with Crippen LogP contribution in [0.15, 0.2) is 6.07 Å². The number of hydrogen-bond acceptors (Lipinski definition) is 5. The molecule has 5 nitrogen and oxygen atoms in total. The molecule has 1 aliphatic heterocycles. The first kappa shape index (κ1) is 15.0. The summed E-state index contributed by atoms with van der Waals surface area (Å²) in [6, 6.07) is 2.61. The second kappa shape index (κ2) is 6.88. The third-order valence-electron chi connectivity index (χ3n) is 4.00. The Hall–Kier alpha value is -1.36. The van der Waals surface area contributed by atoms with Gasteiger partial charge in [0.25, 0.3) is 0 Å². The lowest BCUT2D eigenvalue weighted by molar-refractivity contribution is 0.327. The molecule has 112 valence electrons. The molecule has 1 aliphatic rings. The highest BCUT2D eigenvalue weighted by Gasteiger charge is 2.23. The van der Waals surface area contributed by atoms with E-state index < -0.39 is 0 Å². The summed E-state index contributed by atoms with van der Waals surface area (Å²) >= 11 is 0. The van der Waals surface area contributed by atoms with E-state index >= 15 is 0 Å². The molecule has 20 heavy (non-hydrogen) atoms. The van der Waals surface area contributed by atoms with E-state index in [-0.39, 0.29) is 0 Å². The fourth-order valence-electron chi connectivity index (χ4n) is 2.81. The summed E-state index contributed by atoms with van der Waals surface area (Å²) in [5.41, 5.74) is 0. The fraction of sp³-hybridized carbons (Fsp3) is 0.733. The maximum atomic E-state index is 4.74. The van der Waals surface area contributed by atoms with Crippen LogP contribution in [0.5, 0.6) is 0 Å². The molecule has 1 unspecified atom stereocenters. The van der Waals surface area contributed by atoms with Gasteiger partial charge in [-0.05, 0) is 26.4 Å². The van der Waals surface area contributed by atoms with Crippen molar-refractivity contribution in [1.82, 2.24) is 14.9 Å². The predicted octanol–water partition coefficient (Wildman–Crippen LogP) is 2.00. The van der Waals surface area contributed by atoms with Crippen LogP contribution in [-0.2, 0) is 6.42 Å². The number of nitrogens with zero attached hydrogens (tertiary/aromatic N) is 4. The van der Waals surface area contributed by atoms with E-state index in [1.165, 1.54) is 6.42 Å². The van der Waals surface area contributed by atoms with Gasteiger partial charge in [0.2, 0.25) is 0 Å². The summed E-state index contributed by atoms with van der Waals surface area (Å²) < 4.78 is 0. The number of aromatic nitrogens is 2. The Morgan fingerprint density at radius 3 is 2.75 bits per heavy atom. The minimum Gasteiger partial charge on any atom is -0.373 e. The van der Waals surface area contributed by atoms with Crippen LogP contribution in [-0.4, -0.2) is 54.6 Å². The van der Waals surface area contributed by atoms with Gasteiger partial charge in [-0.2, -0.15) is 0 Å². The lowest BCUT2D eigenvalue weighted by Crippen LogP contribution is -2.40. The smallest absolute Gasteiger partial charge is 0.134 e. The Kier molecular flexibility index (Phi) is 5.17. The van der Waals surface area contributed by atoms with Gasteiger partial charge < -0.3 is 15.1 Å². The first-order valence-corrected chi connectivity index (χ1v) is 7.68. The Balaban J connectivity index is 2.31. The van der Waals surface area contributed by atoms with Crippen LogP contribution < -0.4 is 10.2 Å². The normalized spacial score (nSPS) is 20.8. The Labute approximate surface area is 122 Å². The molecule has 1 aromatic heterocycles. The van der Waals surface area contributed by atoms with Crippen LogP contribution in [0.25, 0.3) is 0 Å². The number of likely N-dealkylation sites (N-methyl/N-ethyl adjacent to an activating group) is 1. The van der Waals surface area contributed by atoms with Gasteiger partial charge in [-0.1, -0.05) is 13.8 Å². The topological polar surface area (TPSA) is 44.3 Å². The first-order valence-electron chi connectivity index (χ1n) is 7.68. The van der Waals surface area contributed by atoms with E-state index in [4.69, 9.17) is 4.98 Å². The molecule has 1 aromatic rings. The SMILES string of the molecule is CCc1nc(NC)cc(N2CCCN(C)CC2CC)n1. The lowest BCUT2D eigenvalue weighted by Gasteiger charge is -2.31. The molecule has 0 aliphatic carbocycles. The quantitative estimate of drug-likeness (QED) is 0.912. The minimum absolute atomic E-state index is 0.534. The van der Waals surface area contributed by atoms with Gasteiger partial charge in [0.05, 0.1) is 0 Å². The van der Waals surface area contributed by atoms with Gasteiger partial charge in [0.1, 0.15) is 17.5 Å². The molecule has 2 heterocycles. The Bertz CT molecular complexity index is 412. The minimum atomic E-state index is 0.534. The Morgan fingerprint density at radius 2 is 2.10 bits per heavy atom. The molecule has 1 N–H and O–H groups in total. The standard InChI is InChI=1S/C15H27N5/c1-5-12-11-19(4)8-7-9-20(12)15-10-14(16-3)17-13(6-2)18-15/h10,12H,5-9,11H2,1-4H3,(H,16,17,18). The molecule has 0 radical (unpaired) electrons. The largest absolute Gasteiger partial charge is 0.373 e. The molecule has 0 amide bonds. The number of nitrogens with one attached hydrogen (secondary N) is 1. The molecule has 0 spiro atoms. The molecule has 2 rings (SSSR count). The first-order chi connectivity index (χ1) is 9.67. The summed E-state index contributed by atoms with van der Waals surface area (Å²) in [4.78, 5) is 14.1. The average Bonchev–Trinajstić information content (AvgIpc) is 2.67. The molecule has 0 bridgehead atoms. The Morgan fingerprint density at radius 1 is 1.30 bits per heavy atom. The van der Waals surface area contributed by atoms with Crippen LogP contribution in [0, 0.1) is 0 Å². The fourth-order valence-corrected chi connectivity index (χ4v) is 2.81. The summed E-state index contributed by atoms with van der Waals surface area (Å²) in [5.74, 6) is 2.90. The van der Waals surface area contributed by atoms with Crippen molar-refractivity contribution in [3.63, 3.8) is 0 Å². The summed E-state index contributed by atoms with van der Waals surface area (Å²) in [6.45, 7) is 7.71. The van der Waals surface area contributed by atoms with Crippen molar-refractivity contribution in [3.8, 4) is 0 Å². The molecular formula is C15H27N5. The number of aryl methyl sites for hydroxylation is 1. The van der Waals surface area contributed by atoms with Gasteiger partial charge in [-0.3, -0.25) is 0 Å². The molecule has 1 saturated heterocycles. The molecule has 0 aromatic carbocycles. The van der Waals surface area contributed by atoms with Crippen LogP contribution in [0.4, 0.5) is 11.6 Å². The van der Waals surface area contributed by atoms with Gasteiger partial charge in [-0.25, -0.2) is 9.97 Å². The van der Waals surface area contributed by atoms with Gasteiger partial charge in [0, 0.05) is 38.7 Å². The van der Waals surface area contributed by atoms with Crippen LogP contribution in [0.3, 0.4) is 0 Å². The van der Waals surface area contributed by atoms with Crippen LogP contribution in [0.2, 0.25) is 0 Å². The number of rotatable bonds is 4. The van der Waals surface area contributed by atoms with Crippen molar-refractivity contribution in [3.05, 3.63) is 11.9 Å². The van der Waals surface area contributed by atoms with Crippen molar-refractivity contribution in [1.29, 1.82) is 0 Å². The van der Waals surface area contributed by atoms with Crippen LogP contribution >= 0.6 is 0 Å². The maximum Gasteiger partial charge on any atom is 0.134 e. The third-order valence-corrected chi connectivity index (χ3v) is 4.00. The summed E-state index contributed by atoms with van der Waals surface area (Å²) in [7, 11) is 4.13. The molecule has 5 heteroatoms. The second-order valence-corrected chi connectivity index (χ2v) is 5.50. The highest BCUT2D eigenvalue weighted by Crippen LogP contribution is 2.22. The molecule has 1 fully saturated rings. The summed E-state index contributed by atoms with van der Waals surface area (Å²) in [5, 5.41) is 3.15. The van der Waals surface area contributed by atoms with Crippen molar-refractivity contribution < 1.29 is 0 Å².